The Morgan fingerprint density at radius 2 is 1.69 bits per heavy atom. The van der Waals surface area contributed by atoms with Gasteiger partial charge in [0.2, 0.25) is 0 Å². The second-order valence-electron chi connectivity index (χ2n) is 6.88. The number of benzene rings is 3. The van der Waals surface area contributed by atoms with Crippen LogP contribution in [0, 0.1) is 11.6 Å². The van der Waals surface area contributed by atoms with E-state index in [0.29, 0.717) is 28.6 Å². The first-order chi connectivity index (χ1) is 15.4. The fourth-order valence-electron chi connectivity index (χ4n) is 3.43. The van der Waals surface area contributed by atoms with Gasteiger partial charge in [0.15, 0.2) is 0 Å². The molecule has 0 unspecified atom stereocenters. The molecule has 0 radical (unpaired) electrons. The summed E-state index contributed by atoms with van der Waals surface area (Å²) in [6.45, 7) is 0. The molecule has 32 heavy (non-hydrogen) atoms. The van der Waals surface area contributed by atoms with Crippen molar-refractivity contribution in [2.24, 2.45) is 0 Å². The van der Waals surface area contributed by atoms with Gasteiger partial charge in [-0.05, 0) is 30.3 Å². The lowest BCUT2D eigenvalue weighted by atomic mass is 10.1. The van der Waals surface area contributed by atoms with E-state index in [4.69, 9.17) is 9.47 Å². The van der Waals surface area contributed by atoms with Crippen molar-refractivity contribution in [3.05, 3.63) is 94.4 Å². The third-order valence-corrected chi connectivity index (χ3v) is 4.99. The average Bonchev–Trinajstić information content (AvgIpc) is 2.80. The summed E-state index contributed by atoms with van der Waals surface area (Å²) in [6.07, 6.45) is 1.24. The number of carbonyl (C=O) groups is 1. The van der Waals surface area contributed by atoms with Gasteiger partial charge in [-0.15, -0.1) is 0 Å². The summed E-state index contributed by atoms with van der Waals surface area (Å²) in [7, 11) is 2.96. The van der Waals surface area contributed by atoms with Gasteiger partial charge in [-0.1, -0.05) is 18.2 Å². The van der Waals surface area contributed by atoms with Crippen LogP contribution in [0.25, 0.3) is 16.5 Å². The van der Waals surface area contributed by atoms with Gasteiger partial charge in [-0.25, -0.2) is 8.78 Å². The lowest BCUT2D eigenvalue weighted by molar-refractivity contribution is 0.102. The molecule has 1 aromatic heterocycles. The van der Waals surface area contributed by atoms with Crippen LogP contribution >= 0.6 is 0 Å². The van der Waals surface area contributed by atoms with Crippen molar-refractivity contribution >= 4 is 22.4 Å². The molecule has 0 saturated carbocycles. The van der Waals surface area contributed by atoms with E-state index in [0.717, 1.165) is 16.7 Å². The van der Waals surface area contributed by atoms with Crippen LogP contribution in [0.2, 0.25) is 0 Å². The number of pyridine rings is 1. The van der Waals surface area contributed by atoms with Crippen molar-refractivity contribution in [3.8, 4) is 17.2 Å². The Labute approximate surface area is 181 Å². The maximum Gasteiger partial charge on any atom is 0.263 e. The number of anilines is 1. The number of ether oxygens (including phenoxy) is 2. The number of methoxy groups -OCH3 is 2. The van der Waals surface area contributed by atoms with Crippen LogP contribution in [0.5, 0.6) is 11.5 Å². The van der Waals surface area contributed by atoms with Gasteiger partial charge >= 0.3 is 0 Å². The maximum atomic E-state index is 14.4. The van der Waals surface area contributed by atoms with E-state index in [9.17, 15) is 18.4 Å². The van der Waals surface area contributed by atoms with E-state index in [2.05, 4.69) is 5.32 Å². The third kappa shape index (κ3) is 3.78. The molecule has 1 N–H and O–H groups in total. The van der Waals surface area contributed by atoms with Crippen molar-refractivity contribution in [2.75, 3.05) is 19.5 Å². The van der Waals surface area contributed by atoms with Crippen LogP contribution in [0.1, 0.15) is 10.4 Å². The SMILES string of the molecule is COc1ccc(OC)c(NC(=O)c2cn(-c3ccc(F)cc3F)c(=O)c3ccccc23)c1. The number of hydrogen-bond acceptors (Lipinski definition) is 4. The zero-order valence-electron chi connectivity index (χ0n) is 17.2. The number of amides is 1. The Balaban J connectivity index is 1.88. The molecule has 0 aliphatic carbocycles. The Kier molecular flexibility index (Phi) is 5.59. The molecule has 0 spiro atoms. The summed E-state index contributed by atoms with van der Waals surface area (Å²) in [6, 6.07) is 14.3. The number of nitrogens with zero attached hydrogens (tertiary/aromatic N) is 1. The van der Waals surface area contributed by atoms with Crippen molar-refractivity contribution in [2.45, 2.75) is 0 Å². The maximum absolute atomic E-state index is 14.4. The number of halogens is 2. The van der Waals surface area contributed by atoms with E-state index in [-0.39, 0.29) is 16.6 Å². The van der Waals surface area contributed by atoms with E-state index < -0.39 is 23.1 Å². The number of aromatic nitrogens is 1. The van der Waals surface area contributed by atoms with Crippen LogP contribution in [0.15, 0.2) is 71.7 Å². The highest BCUT2D eigenvalue weighted by molar-refractivity contribution is 6.13. The highest BCUT2D eigenvalue weighted by Crippen LogP contribution is 2.30. The van der Waals surface area contributed by atoms with Gasteiger partial charge in [0.25, 0.3) is 11.5 Å². The van der Waals surface area contributed by atoms with E-state index in [1.807, 2.05) is 0 Å². The molecule has 6 nitrogen and oxygen atoms in total. The Morgan fingerprint density at radius 3 is 2.38 bits per heavy atom. The van der Waals surface area contributed by atoms with Gasteiger partial charge in [0.1, 0.15) is 23.1 Å². The standard InChI is InChI=1S/C24H18F2N2O4/c1-31-15-8-10-22(32-2)20(12-15)27-23(29)18-13-28(21-9-7-14(25)11-19(21)26)24(30)17-6-4-3-5-16(17)18/h3-13H,1-2H3,(H,27,29). The molecule has 162 valence electrons. The topological polar surface area (TPSA) is 69.6 Å². The van der Waals surface area contributed by atoms with E-state index >= 15 is 0 Å². The molecule has 0 fully saturated rings. The fraction of sp³-hybridized carbons (Fsp3) is 0.0833. The van der Waals surface area contributed by atoms with E-state index in [1.165, 1.54) is 20.4 Å². The zero-order chi connectivity index (χ0) is 22.8. The molecule has 0 saturated heterocycles. The molecule has 8 heteroatoms. The lowest BCUT2D eigenvalue weighted by Crippen LogP contribution is -2.23. The molecule has 0 atom stereocenters. The normalized spacial score (nSPS) is 10.8. The van der Waals surface area contributed by atoms with Crippen molar-refractivity contribution in [1.82, 2.24) is 4.57 Å². The summed E-state index contributed by atoms with van der Waals surface area (Å²) in [5.41, 5.74) is -0.239. The monoisotopic (exact) mass is 436 g/mol. The minimum absolute atomic E-state index is 0.119. The van der Waals surface area contributed by atoms with Crippen LogP contribution in [0.3, 0.4) is 0 Å². The predicted molar refractivity (Wildman–Crippen MR) is 117 cm³/mol. The third-order valence-electron chi connectivity index (χ3n) is 4.99. The molecule has 1 amide bonds. The molecule has 0 bridgehead atoms. The fourth-order valence-corrected chi connectivity index (χ4v) is 3.43. The Hall–Kier alpha value is -4.20. The highest BCUT2D eigenvalue weighted by Gasteiger charge is 2.19. The second-order valence-corrected chi connectivity index (χ2v) is 6.88. The first-order valence-electron chi connectivity index (χ1n) is 9.56. The summed E-state index contributed by atoms with van der Waals surface area (Å²) >= 11 is 0. The zero-order valence-corrected chi connectivity index (χ0v) is 17.2. The number of rotatable bonds is 5. The van der Waals surface area contributed by atoms with Crippen LogP contribution in [-0.2, 0) is 0 Å². The smallest absolute Gasteiger partial charge is 0.263 e. The molecule has 4 rings (SSSR count). The summed E-state index contributed by atoms with van der Waals surface area (Å²) in [5.74, 6) is -1.35. The predicted octanol–water partition coefficient (Wildman–Crippen LogP) is 4.54. The number of carbonyl (C=O) groups excluding carboxylic acids is 1. The largest absolute Gasteiger partial charge is 0.497 e. The molecule has 1 heterocycles. The van der Waals surface area contributed by atoms with Crippen molar-refractivity contribution in [3.63, 3.8) is 0 Å². The Bertz CT molecular complexity index is 1400. The van der Waals surface area contributed by atoms with Gasteiger partial charge in [0, 0.05) is 29.1 Å². The van der Waals surface area contributed by atoms with Crippen LogP contribution in [-0.4, -0.2) is 24.7 Å². The van der Waals surface area contributed by atoms with Gasteiger partial charge in [0.05, 0.1) is 31.2 Å². The molecular formula is C24H18F2N2O4. The minimum Gasteiger partial charge on any atom is -0.497 e. The lowest BCUT2D eigenvalue weighted by Gasteiger charge is -2.15. The van der Waals surface area contributed by atoms with Gasteiger partial charge < -0.3 is 14.8 Å². The average molecular weight is 436 g/mol. The second kappa shape index (κ2) is 8.50. The van der Waals surface area contributed by atoms with Crippen LogP contribution < -0.4 is 20.3 Å². The summed E-state index contributed by atoms with van der Waals surface area (Å²) in [4.78, 5) is 26.3. The van der Waals surface area contributed by atoms with Crippen LogP contribution in [0.4, 0.5) is 14.5 Å². The van der Waals surface area contributed by atoms with Gasteiger partial charge in [-0.3, -0.25) is 14.2 Å². The Morgan fingerprint density at radius 1 is 0.938 bits per heavy atom. The first-order valence-corrected chi connectivity index (χ1v) is 9.56. The molecule has 3 aromatic carbocycles. The first kappa shape index (κ1) is 21.0. The van der Waals surface area contributed by atoms with Crippen molar-refractivity contribution < 1.29 is 23.0 Å². The summed E-state index contributed by atoms with van der Waals surface area (Å²) < 4.78 is 39.3. The number of fused-ring (bicyclic) bond motifs is 1. The van der Waals surface area contributed by atoms with E-state index in [1.54, 1.807) is 42.5 Å². The highest BCUT2D eigenvalue weighted by atomic mass is 19.1. The quantitative estimate of drug-likeness (QED) is 0.499. The number of hydrogen-bond donors (Lipinski definition) is 1. The molecule has 4 aromatic rings. The van der Waals surface area contributed by atoms with Gasteiger partial charge in [-0.2, -0.15) is 0 Å². The number of nitrogens with one attached hydrogen (secondary N) is 1. The van der Waals surface area contributed by atoms with Crippen molar-refractivity contribution in [1.29, 1.82) is 0 Å². The molecule has 0 aliphatic heterocycles. The molecular weight excluding hydrogens is 418 g/mol. The molecule has 0 aliphatic rings. The minimum atomic E-state index is -0.928. The summed E-state index contributed by atoms with van der Waals surface area (Å²) in [5, 5.41) is 3.35.